The minimum Gasteiger partial charge on any atom is -0.491 e. The number of hydrogen-bond donors (Lipinski definition) is 0. The summed E-state index contributed by atoms with van der Waals surface area (Å²) in [5.41, 5.74) is 2.87. The van der Waals surface area contributed by atoms with Crippen LogP contribution in [0.3, 0.4) is 0 Å². The quantitative estimate of drug-likeness (QED) is 0.560. The molecule has 0 aliphatic carbocycles. The highest BCUT2D eigenvalue weighted by Crippen LogP contribution is 2.31. The fourth-order valence-electron chi connectivity index (χ4n) is 4.33. The molecule has 7 heteroatoms. The lowest BCUT2D eigenvalue weighted by Crippen LogP contribution is -2.36. The van der Waals surface area contributed by atoms with E-state index in [4.69, 9.17) is 18.9 Å². The number of aromatic nitrogens is 2. The van der Waals surface area contributed by atoms with Crippen LogP contribution < -0.4 is 18.9 Å². The van der Waals surface area contributed by atoms with Gasteiger partial charge in [-0.3, -0.25) is 4.98 Å². The normalized spacial score (nSPS) is 16.8. The van der Waals surface area contributed by atoms with Gasteiger partial charge in [-0.25, -0.2) is 4.98 Å². The summed E-state index contributed by atoms with van der Waals surface area (Å²) >= 11 is 0. The molecule has 3 aromatic rings. The first-order valence-electron chi connectivity index (χ1n) is 11.3. The summed E-state index contributed by atoms with van der Waals surface area (Å²) in [4.78, 5) is 11.4. The number of methoxy groups -OCH3 is 1. The maximum Gasteiger partial charge on any atom is 0.213 e. The largest absolute Gasteiger partial charge is 0.491 e. The van der Waals surface area contributed by atoms with Crippen LogP contribution in [0, 0.1) is 5.92 Å². The number of ether oxygens (including phenoxy) is 4. The van der Waals surface area contributed by atoms with E-state index in [1.165, 1.54) is 5.56 Å². The minimum atomic E-state index is 0.550. The van der Waals surface area contributed by atoms with Gasteiger partial charge in [-0.05, 0) is 62.0 Å². The van der Waals surface area contributed by atoms with Gasteiger partial charge in [0.1, 0.15) is 24.5 Å². The molecule has 2 aliphatic rings. The fraction of sp³-hybridized carbons (Fsp3) is 0.440. The van der Waals surface area contributed by atoms with E-state index in [1.54, 1.807) is 13.3 Å². The third kappa shape index (κ3) is 4.72. The highest BCUT2D eigenvalue weighted by Gasteiger charge is 2.20. The lowest BCUT2D eigenvalue weighted by molar-refractivity contribution is 0.143. The van der Waals surface area contributed by atoms with Gasteiger partial charge >= 0.3 is 0 Å². The first-order chi connectivity index (χ1) is 15.8. The van der Waals surface area contributed by atoms with Crippen LogP contribution in [0.15, 0.2) is 42.6 Å². The molecule has 2 aromatic heterocycles. The van der Waals surface area contributed by atoms with Gasteiger partial charge in [-0.15, -0.1) is 0 Å². The van der Waals surface area contributed by atoms with Crippen LogP contribution in [0.5, 0.6) is 23.1 Å². The SMILES string of the molecule is COc1ccc2nccc(OCC3CCN(CCc4ccc5c(c4)OCCO5)CC3)c2n1. The van der Waals surface area contributed by atoms with Crippen molar-refractivity contribution in [2.45, 2.75) is 19.3 Å². The smallest absolute Gasteiger partial charge is 0.213 e. The molecule has 0 bridgehead atoms. The molecule has 168 valence electrons. The Kier molecular flexibility index (Phi) is 6.25. The molecule has 4 heterocycles. The topological polar surface area (TPSA) is 65.9 Å². The van der Waals surface area contributed by atoms with Crippen LogP contribution >= 0.6 is 0 Å². The molecule has 1 saturated heterocycles. The van der Waals surface area contributed by atoms with Crippen LogP contribution in [0.1, 0.15) is 18.4 Å². The first-order valence-corrected chi connectivity index (χ1v) is 11.3. The molecule has 0 atom stereocenters. The summed E-state index contributed by atoms with van der Waals surface area (Å²) in [6.07, 6.45) is 5.07. The Morgan fingerprint density at radius 2 is 1.88 bits per heavy atom. The monoisotopic (exact) mass is 435 g/mol. The van der Waals surface area contributed by atoms with Crippen molar-refractivity contribution in [2.24, 2.45) is 5.92 Å². The summed E-state index contributed by atoms with van der Waals surface area (Å²) in [6, 6.07) is 11.9. The summed E-state index contributed by atoms with van der Waals surface area (Å²) in [7, 11) is 1.62. The number of pyridine rings is 2. The number of nitrogens with zero attached hydrogens (tertiary/aromatic N) is 3. The third-order valence-corrected chi connectivity index (χ3v) is 6.24. The van der Waals surface area contributed by atoms with Crippen LogP contribution in [0.2, 0.25) is 0 Å². The highest BCUT2D eigenvalue weighted by molar-refractivity contribution is 5.81. The van der Waals surface area contributed by atoms with Crippen molar-refractivity contribution < 1.29 is 18.9 Å². The van der Waals surface area contributed by atoms with Gasteiger partial charge in [0.2, 0.25) is 5.88 Å². The Morgan fingerprint density at radius 1 is 1.03 bits per heavy atom. The molecule has 32 heavy (non-hydrogen) atoms. The van der Waals surface area contributed by atoms with Crippen molar-refractivity contribution in [2.75, 3.05) is 46.6 Å². The lowest BCUT2D eigenvalue weighted by Gasteiger charge is -2.32. The molecule has 1 aromatic carbocycles. The molecule has 1 fully saturated rings. The molecule has 5 rings (SSSR count). The molecule has 0 unspecified atom stereocenters. The van der Waals surface area contributed by atoms with Crippen LogP contribution in [0.25, 0.3) is 11.0 Å². The number of rotatable bonds is 7. The van der Waals surface area contributed by atoms with Crippen LogP contribution in [0.4, 0.5) is 0 Å². The molecule has 2 aliphatic heterocycles. The van der Waals surface area contributed by atoms with Gasteiger partial charge in [-0.2, -0.15) is 0 Å². The van der Waals surface area contributed by atoms with E-state index in [2.05, 4.69) is 27.0 Å². The van der Waals surface area contributed by atoms with Gasteiger partial charge in [0, 0.05) is 24.9 Å². The van der Waals surface area contributed by atoms with Gasteiger partial charge in [0.25, 0.3) is 0 Å². The summed E-state index contributed by atoms with van der Waals surface area (Å²) in [5.74, 6) is 3.63. The van der Waals surface area contributed by atoms with Gasteiger partial charge < -0.3 is 23.8 Å². The number of fused-ring (bicyclic) bond motifs is 2. The maximum atomic E-state index is 6.17. The molecule has 0 spiro atoms. The summed E-state index contributed by atoms with van der Waals surface area (Å²) in [6.45, 7) is 5.22. The van der Waals surface area contributed by atoms with E-state index >= 15 is 0 Å². The minimum absolute atomic E-state index is 0.550. The zero-order chi connectivity index (χ0) is 21.8. The first kappa shape index (κ1) is 20.8. The molecule has 0 saturated carbocycles. The predicted molar refractivity (Wildman–Crippen MR) is 122 cm³/mol. The van der Waals surface area contributed by atoms with Gasteiger partial charge in [0.05, 0.1) is 19.2 Å². The highest BCUT2D eigenvalue weighted by atomic mass is 16.6. The average Bonchev–Trinajstić information content (AvgIpc) is 2.86. The van der Waals surface area contributed by atoms with E-state index in [0.717, 1.165) is 67.2 Å². The van der Waals surface area contributed by atoms with Gasteiger partial charge in [-0.1, -0.05) is 6.07 Å². The second-order valence-electron chi connectivity index (χ2n) is 8.35. The van der Waals surface area contributed by atoms with Crippen LogP contribution in [-0.2, 0) is 6.42 Å². The molecule has 0 radical (unpaired) electrons. The Balaban J connectivity index is 1.10. The standard InChI is InChI=1S/C25H29N3O4/c1-29-24-5-3-20-25(27-24)22(6-10-26-20)32-17-19-8-12-28(13-9-19)11-7-18-2-4-21-23(16-18)31-15-14-30-21/h2-6,10,16,19H,7-9,11-15,17H2,1H3. The second-order valence-corrected chi connectivity index (χ2v) is 8.35. The van der Waals surface area contributed by atoms with E-state index in [9.17, 15) is 0 Å². The Hall–Kier alpha value is -3.06. The zero-order valence-electron chi connectivity index (χ0n) is 18.5. The Bertz CT molecular complexity index is 1070. The van der Waals surface area contributed by atoms with E-state index in [0.29, 0.717) is 31.6 Å². The van der Waals surface area contributed by atoms with Crippen LogP contribution in [-0.4, -0.2) is 61.4 Å². The van der Waals surface area contributed by atoms with Crippen molar-refractivity contribution in [3.8, 4) is 23.1 Å². The number of benzene rings is 1. The van der Waals surface area contributed by atoms with Crippen molar-refractivity contribution in [3.63, 3.8) is 0 Å². The Morgan fingerprint density at radius 3 is 2.72 bits per heavy atom. The van der Waals surface area contributed by atoms with E-state index < -0.39 is 0 Å². The Labute approximate surface area is 188 Å². The second kappa shape index (κ2) is 9.61. The molecular formula is C25H29N3O4. The summed E-state index contributed by atoms with van der Waals surface area (Å²) < 4.78 is 22.7. The third-order valence-electron chi connectivity index (χ3n) is 6.24. The average molecular weight is 436 g/mol. The number of likely N-dealkylation sites (tertiary alicyclic amines) is 1. The molecule has 7 nitrogen and oxygen atoms in total. The number of piperidine rings is 1. The maximum absolute atomic E-state index is 6.17. The van der Waals surface area contributed by atoms with E-state index in [1.807, 2.05) is 24.3 Å². The summed E-state index contributed by atoms with van der Waals surface area (Å²) in [5, 5.41) is 0. The predicted octanol–water partition coefficient (Wildman–Crippen LogP) is 3.74. The van der Waals surface area contributed by atoms with Gasteiger partial charge in [0.15, 0.2) is 11.5 Å². The molecule has 0 N–H and O–H groups in total. The van der Waals surface area contributed by atoms with Crippen molar-refractivity contribution >= 4 is 11.0 Å². The van der Waals surface area contributed by atoms with Crippen molar-refractivity contribution in [3.05, 3.63) is 48.2 Å². The fourth-order valence-corrected chi connectivity index (χ4v) is 4.33. The van der Waals surface area contributed by atoms with Crippen molar-refractivity contribution in [1.82, 2.24) is 14.9 Å². The number of hydrogen-bond acceptors (Lipinski definition) is 7. The van der Waals surface area contributed by atoms with Crippen molar-refractivity contribution in [1.29, 1.82) is 0 Å². The zero-order valence-corrected chi connectivity index (χ0v) is 18.5. The molecular weight excluding hydrogens is 406 g/mol. The molecule has 0 amide bonds. The lowest BCUT2D eigenvalue weighted by atomic mass is 9.97. The van der Waals surface area contributed by atoms with E-state index in [-0.39, 0.29) is 0 Å².